The molecule has 1 unspecified atom stereocenters. The van der Waals surface area contributed by atoms with Gasteiger partial charge in [0.05, 0.1) is 16.3 Å². The first kappa shape index (κ1) is 30.1. The predicted molar refractivity (Wildman–Crippen MR) is 197 cm³/mol. The lowest BCUT2D eigenvalue weighted by Crippen LogP contribution is -2.68. The van der Waals surface area contributed by atoms with Gasteiger partial charge in [-0.25, -0.2) is 5.01 Å². The number of amidine groups is 1. The molecule has 7 nitrogen and oxygen atoms in total. The summed E-state index contributed by atoms with van der Waals surface area (Å²) in [5, 5.41) is 13.6. The lowest BCUT2D eigenvalue weighted by Gasteiger charge is -2.51. The van der Waals surface area contributed by atoms with E-state index in [2.05, 4.69) is 22.5 Å². The van der Waals surface area contributed by atoms with Gasteiger partial charge >= 0.3 is 0 Å². The summed E-state index contributed by atoms with van der Waals surface area (Å²) in [4.78, 5) is 19.9. The third-order valence-corrected chi connectivity index (χ3v) is 10.1. The predicted octanol–water partition coefficient (Wildman–Crippen LogP) is 8.34. The largest absolute Gasteiger partial charge is 0.309 e. The van der Waals surface area contributed by atoms with E-state index in [1.54, 1.807) is 0 Å². The molecule has 3 heterocycles. The van der Waals surface area contributed by atoms with Crippen molar-refractivity contribution in [2.24, 2.45) is 10.2 Å². The van der Waals surface area contributed by atoms with Crippen LogP contribution in [0.2, 0.25) is 5.02 Å². The highest BCUT2D eigenvalue weighted by molar-refractivity contribution is 8.18. The molecule has 3 aliphatic rings. The molecule has 0 radical (unpaired) electrons. The van der Waals surface area contributed by atoms with Crippen LogP contribution in [0.3, 0.4) is 0 Å². The number of benzene rings is 5. The smallest absolute Gasteiger partial charge is 0.264 e. The summed E-state index contributed by atoms with van der Waals surface area (Å²) in [5.41, 5.74) is 8.57. The zero-order chi connectivity index (χ0) is 32.5. The van der Waals surface area contributed by atoms with Crippen LogP contribution in [0.1, 0.15) is 23.1 Å². The van der Waals surface area contributed by atoms with E-state index < -0.39 is 5.79 Å². The Morgan fingerprint density at radius 3 is 2.02 bits per heavy atom. The Balaban J connectivity index is 1.36. The minimum Gasteiger partial charge on any atom is -0.309 e. The molecular formula is C39H31ClN6OS. The fraction of sp³-hybridized carbons (Fsp3) is 0.103. The molecule has 48 heavy (non-hydrogen) atoms. The van der Waals surface area contributed by atoms with Crippen molar-refractivity contribution in [2.45, 2.75) is 12.2 Å². The molecule has 8 rings (SSSR count). The van der Waals surface area contributed by atoms with Gasteiger partial charge in [0.1, 0.15) is 5.04 Å². The third-order valence-electron chi connectivity index (χ3n) is 8.71. The number of hydrogen-bond donors (Lipinski definition) is 1. The normalized spacial score (nSPS) is 18.9. The van der Waals surface area contributed by atoms with E-state index in [0.29, 0.717) is 28.1 Å². The Hall–Kier alpha value is -5.31. The van der Waals surface area contributed by atoms with Crippen molar-refractivity contribution >= 4 is 57.1 Å². The van der Waals surface area contributed by atoms with E-state index >= 15 is 4.79 Å². The van der Waals surface area contributed by atoms with Gasteiger partial charge in [-0.1, -0.05) is 133 Å². The van der Waals surface area contributed by atoms with Crippen molar-refractivity contribution in [2.75, 3.05) is 23.5 Å². The second-order valence-corrected chi connectivity index (χ2v) is 13.0. The Labute approximate surface area is 288 Å². The van der Waals surface area contributed by atoms with Crippen LogP contribution in [-0.4, -0.2) is 45.5 Å². The van der Waals surface area contributed by atoms with Crippen LogP contribution in [0.25, 0.3) is 5.57 Å². The number of halogens is 1. The van der Waals surface area contributed by atoms with Crippen molar-refractivity contribution in [3.05, 3.63) is 172 Å². The number of carbonyl (C=O) groups is 1. The first-order valence-electron chi connectivity index (χ1n) is 15.9. The molecule has 0 bridgehead atoms. The highest BCUT2D eigenvalue weighted by atomic mass is 35.5. The van der Waals surface area contributed by atoms with Crippen LogP contribution in [0.4, 0.5) is 11.4 Å². The fourth-order valence-corrected chi connectivity index (χ4v) is 7.86. The average Bonchev–Trinajstić information content (AvgIpc) is 3.62. The second-order valence-electron chi connectivity index (χ2n) is 11.6. The van der Waals surface area contributed by atoms with Crippen LogP contribution in [0.5, 0.6) is 0 Å². The lowest BCUT2D eigenvalue weighted by atomic mass is 9.95. The molecule has 0 aliphatic carbocycles. The molecule has 1 saturated heterocycles. The van der Waals surface area contributed by atoms with Gasteiger partial charge in [-0.3, -0.25) is 15.1 Å². The molecule has 9 heteroatoms. The molecular weight excluding hydrogens is 636 g/mol. The van der Waals surface area contributed by atoms with Crippen LogP contribution < -0.4 is 10.4 Å². The van der Waals surface area contributed by atoms with E-state index in [-0.39, 0.29) is 5.91 Å². The first-order chi connectivity index (χ1) is 23.6. The zero-order valence-electron chi connectivity index (χ0n) is 25.9. The number of amides is 1. The topological polar surface area (TPSA) is 63.5 Å². The van der Waals surface area contributed by atoms with Crippen molar-refractivity contribution < 1.29 is 4.79 Å². The summed E-state index contributed by atoms with van der Waals surface area (Å²) in [6.07, 6.45) is 0.795. The number of anilines is 2. The Kier molecular flexibility index (Phi) is 7.96. The van der Waals surface area contributed by atoms with Crippen LogP contribution in [0.15, 0.2) is 161 Å². The number of hydrogen-bond acceptors (Lipinski definition) is 7. The molecule has 1 spiro atoms. The molecule has 1 amide bonds. The summed E-state index contributed by atoms with van der Waals surface area (Å²) in [5.74, 6) is -0.312. The summed E-state index contributed by atoms with van der Waals surface area (Å²) >= 11 is 7.84. The van der Waals surface area contributed by atoms with Crippen LogP contribution in [-0.2, 0) is 4.79 Å². The van der Waals surface area contributed by atoms with E-state index in [1.807, 2.05) is 143 Å². The number of thioether (sulfide) groups is 1. The van der Waals surface area contributed by atoms with Gasteiger partial charge < -0.3 is 4.90 Å². The van der Waals surface area contributed by atoms with Gasteiger partial charge in [-0.15, -0.1) is 5.10 Å². The van der Waals surface area contributed by atoms with Crippen LogP contribution in [0, 0.1) is 0 Å². The molecule has 0 saturated carbocycles. The van der Waals surface area contributed by atoms with Crippen molar-refractivity contribution in [1.82, 2.24) is 9.80 Å². The number of hydrazone groups is 2. The molecule has 5 aromatic carbocycles. The van der Waals surface area contributed by atoms with Crippen molar-refractivity contribution in [1.29, 1.82) is 0 Å². The zero-order valence-corrected chi connectivity index (χ0v) is 27.5. The molecule has 1 fully saturated rings. The summed E-state index contributed by atoms with van der Waals surface area (Å²) in [6.45, 7) is 1.28. The molecule has 0 aromatic heterocycles. The highest BCUT2D eigenvalue weighted by Crippen LogP contribution is 2.55. The van der Waals surface area contributed by atoms with E-state index in [1.165, 1.54) is 11.8 Å². The average molecular weight is 667 g/mol. The molecule has 1 N–H and O–H groups in total. The Morgan fingerprint density at radius 2 is 1.33 bits per heavy atom. The minimum atomic E-state index is -1.06. The number of rotatable bonds is 7. The monoisotopic (exact) mass is 666 g/mol. The SMILES string of the molecule is O=C1C(S/C(=N/Nc2ccccc2)c2ccccc2)=C(c2ccc(Cl)cc2)C23N1CCCN2C(c1ccccc1)=NN3c1ccccc1. The number of carbonyl (C=O) groups excluding carboxylic acids is 1. The minimum absolute atomic E-state index is 0.0663. The molecule has 3 aliphatic heterocycles. The van der Waals surface area contributed by atoms with Gasteiger partial charge in [0.25, 0.3) is 5.91 Å². The van der Waals surface area contributed by atoms with Gasteiger partial charge in [-0.2, -0.15) is 5.10 Å². The second kappa shape index (κ2) is 12.7. The summed E-state index contributed by atoms with van der Waals surface area (Å²) < 4.78 is 0. The van der Waals surface area contributed by atoms with Gasteiger partial charge in [0.2, 0.25) is 5.79 Å². The first-order valence-corrected chi connectivity index (χ1v) is 17.1. The molecule has 1 atom stereocenters. The Morgan fingerprint density at radius 1 is 0.729 bits per heavy atom. The van der Waals surface area contributed by atoms with Gasteiger partial charge in [-0.05, 0) is 48.4 Å². The fourth-order valence-electron chi connectivity index (χ4n) is 6.64. The maximum Gasteiger partial charge on any atom is 0.264 e. The molecule has 5 aromatic rings. The quantitative estimate of drug-likeness (QED) is 0.108. The lowest BCUT2D eigenvalue weighted by molar-refractivity contribution is -0.134. The number of nitrogens with zero attached hydrogens (tertiary/aromatic N) is 5. The summed E-state index contributed by atoms with van der Waals surface area (Å²) in [6, 6.07) is 47.9. The van der Waals surface area contributed by atoms with Crippen molar-refractivity contribution in [3.8, 4) is 0 Å². The number of nitrogens with one attached hydrogen (secondary N) is 1. The standard InChI is InChI=1S/C39H31ClN6OS/c40-31-24-22-28(23-25-31)34-35(48-37(30-16-7-2-8-17-30)42-41-32-18-9-3-10-19-32)38(47)45-27-13-26-44-36(29-14-5-1-6-15-29)43-46(39(34,44)45)33-20-11-4-12-21-33/h1-12,14-25,41H,13,26-27H2/b42-37+. The van der Waals surface area contributed by atoms with E-state index in [4.69, 9.17) is 21.8 Å². The maximum absolute atomic E-state index is 15.0. The maximum atomic E-state index is 15.0. The van der Waals surface area contributed by atoms with E-state index in [0.717, 1.165) is 45.9 Å². The summed E-state index contributed by atoms with van der Waals surface area (Å²) in [7, 11) is 0. The van der Waals surface area contributed by atoms with Crippen molar-refractivity contribution in [3.63, 3.8) is 0 Å². The Bertz CT molecular complexity index is 2040. The highest BCUT2D eigenvalue weighted by Gasteiger charge is 2.65. The van der Waals surface area contributed by atoms with Gasteiger partial charge in [0, 0.05) is 34.8 Å². The van der Waals surface area contributed by atoms with E-state index in [9.17, 15) is 0 Å². The third kappa shape index (κ3) is 5.14. The van der Waals surface area contributed by atoms with Gasteiger partial charge in [0.15, 0.2) is 5.84 Å². The number of para-hydroxylation sites is 2. The van der Waals surface area contributed by atoms with Crippen LogP contribution >= 0.6 is 23.4 Å². The molecule has 236 valence electrons.